The Balaban J connectivity index is 2.04. The molecule has 0 aliphatic heterocycles. The highest BCUT2D eigenvalue weighted by Gasteiger charge is 1.98. The lowest BCUT2D eigenvalue weighted by Crippen LogP contribution is -2.10. The van der Waals surface area contributed by atoms with Crippen molar-refractivity contribution in [3.63, 3.8) is 0 Å². The van der Waals surface area contributed by atoms with Gasteiger partial charge in [-0.3, -0.25) is 0 Å². The third kappa shape index (κ3) is 3.00. The van der Waals surface area contributed by atoms with Crippen LogP contribution in [0.1, 0.15) is 18.1 Å². The first kappa shape index (κ1) is 11.5. The molecule has 2 rings (SSSR count). The molecule has 0 unspecified atom stereocenters. The van der Waals surface area contributed by atoms with Crippen molar-refractivity contribution in [2.24, 2.45) is 0 Å². The summed E-state index contributed by atoms with van der Waals surface area (Å²) in [5.41, 5.74) is 11.2. The van der Waals surface area contributed by atoms with E-state index in [0.717, 1.165) is 17.8 Å². The minimum absolute atomic E-state index is 1.03. The first-order valence-electron chi connectivity index (χ1n) is 5.96. The van der Waals surface area contributed by atoms with E-state index in [4.69, 9.17) is 0 Å². The molecule has 17 heavy (non-hydrogen) atoms. The highest BCUT2D eigenvalue weighted by Crippen LogP contribution is 2.16. The van der Waals surface area contributed by atoms with Gasteiger partial charge in [0.15, 0.2) is 0 Å². The Morgan fingerprint density at radius 2 is 1.59 bits per heavy atom. The summed E-state index contributed by atoms with van der Waals surface area (Å²) in [5, 5.41) is 0. The summed E-state index contributed by atoms with van der Waals surface area (Å²) in [4.78, 5) is 0. The van der Waals surface area contributed by atoms with E-state index in [1.807, 2.05) is 6.07 Å². The third-order valence-corrected chi connectivity index (χ3v) is 2.79. The molecule has 0 amide bonds. The van der Waals surface area contributed by atoms with Gasteiger partial charge in [0.05, 0.1) is 11.4 Å². The van der Waals surface area contributed by atoms with E-state index in [1.165, 1.54) is 11.1 Å². The summed E-state index contributed by atoms with van der Waals surface area (Å²) in [6.45, 7) is 4.25. The number of aryl methyl sites for hydroxylation is 2. The number of rotatable bonds is 4. The van der Waals surface area contributed by atoms with Crippen LogP contribution in [-0.4, -0.2) is 0 Å². The van der Waals surface area contributed by atoms with Gasteiger partial charge in [0.2, 0.25) is 0 Å². The molecule has 2 nitrogen and oxygen atoms in total. The molecule has 0 aliphatic rings. The van der Waals surface area contributed by atoms with E-state index in [2.05, 4.69) is 67.2 Å². The van der Waals surface area contributed by atoms with Crippen LogP contribution in [0.3, 0.4) is 0 Å². The Morgan fingerprint density at radius 3 is 2.29 bits per heavy atom. The van der Waals surface area contributed by atoms with Crippen LogP contribution in [0.4, 0.5) is 11.4 Å². The minimum Gasteiger partial charge on any atom is -0.301 e. The molecular weight excluding hydrogens is 208 g/mol. The predicted octanol–water partition coefficient (Wildman–Crippen LogP) is 4.00. The van der Waals surface area contributed by atoms with E-state index in [-0.39, 0.29) is 0 Å². The Bertz CT molecular complexity index is 475. The fourth-order valence-electron chi connectivity index (χ4n) is 1.73. The molecule has 0 aromatic heterocycles. The largest absolute Gasteiger partial charge is 0.301 e. The smallest absolute Gasteiger partial charge is 0.0571 e. The fraction of sp³-hybridized carbons (Fsp3) is 0.200. The van der Waals surface area contributed by atoms with Gasteiger partial charge in [-0.25, -0.2) is 0 Å². The first-order chi connectivity index (χ1) is 8.29. The molecular formula is C15H18N2. The topological polar surface area (TPSA) is 24.1 Å². The average molecular weight is 226 g/mol. The van der Waals surface area contributed by atoms with Crippen molar-refractivity contribution in [2.75, 3.05) is 10.9 Å². The van der Waals surface area contributed by atoms with Gasteiger partial charge in [0, 0.05) is 0 Å². The van der Waals surface area contributed by atoms with Crippen molar-refractivity contribution in [3.8, 4) is 0 Å². The lowest BCUT2D eigenvalue weighted by atomic mass is 10.1. The second kappa shape index (κ2) is 5.39. The normalized spacial score (nSPS) is 10.0. The standard InChI is InChI=1S/C15H18N2/c1-3-13-6-4-5-7-15(13)17-16-14-10-8-12(2)9-11-14/h4-11,16-17H,3H2,1-2H3. The molecule has 2 aromatic carbocycles. The summed E-state index contributed by atoms with van der Waals surface area (Å²) in [6, 6.07) is 16.6. The second-order valence-electron chi connectivity index (χ2n) is 4.13. The maximum Gasteiger partial charge on any atom is 0.0571 e. The highest BCUT2D eigenvalue weighted by molar-refractivity contribution is 5.56. The molecule has 0 saturated carbocycles. The number of hydrogen-bond acceptors (Lipinski definition) is 2. The predicted molar refractivity (Wildman–Crippen MR) is 74.2 cm³/mol. The van der Waals surface area contributed by atoms with Crippen molar-refractivity contribution in [1.29, 1.82) is 0 Å². The fourth-order valence-corrected chi connectivity index (χ4v) is 1.73. The molecule has 0 aliphatic carbocycles. The molecule has 2 heteroatoms. The molecule has 0 spiro atoms. The number of anilines is 2. The van der Waals surface area contributed by atoms with Crippen molar-refractivity contribution in [3.05, 3.63) is 59.7 Å². The first-order valence-corrected chi connectivity index (χ1v) is 5.96. The van der Waals surface area contributed by atoms with Crippen LogP contribution in [0.15, 0.2) is 48.5 Å². The molecule has 0 saturated heterocycles. The Kier molecular flexibility index (Phi) is 3.66. The zero-order valence-corrected chi connectivity index (χ0v) is 10.3. The maximum absolute atomic E-state index is 3.25. The summed E-state index contributed by atoms with van der Waals surface area (Å²) < 4.78 is 0. The van der Waals surface area contributed by atoms with Gasteiger partial charge in [-0.1, -0.05) is 42.8 Å². The summed E-state index contributed by atoms with van der Waals surface area (Å²) >= 11 is 0. The van der Waals surface area contributed by atoms with Crippen LogP contribution in [0.5, 0.6) is 0 Å². The van der Waals surface area contributed by atoms with E-state index >= 15 is 0 Å². The van der Waals surface area contributed by atoms with Crippen LogP contribution in [-0.2, 0) is 6.42 Å². The van der Waals surface area contributed by atoms with Gasteiger partial charge in [0.25, 0.3) is 0 Å². The van der Waals surface area contributed by atoms with Crippen molar-refractivity contribution in [2.45, 2.75) is 20.3 Å². The Labute approximate surface area is 103 Å². The highest BCUT2D eigenvalue weighted by atomic mass is 15.4. The van der Waals surface area contributed by atoms with Gasteiger partial charge in [0.1, 0.15) is 0 Å². The lowest BCUT2D eigenvalue weighted by Gasteiger charge is -2.13. The second-order valence-corrected chi connectivity index (χ2v) is 4.13. The van der Waals surface area contributed by atoms with E-state index < -0.39 is 0 Å². The average Bonchev–Trinajstić information content (AvgIpc) is 2.38. The van der Waals surface area contributed by atoms with E-state index in [9.17, 15) is 0 Å². The molecule has 2 aromatic rings. The third-order valence-electron chi connectivity index (χ3n) is 2.79. The van der Waals surface area contributed by atoms with Gasteiger partial charge in [-0.2, -0.15) is 0 Å². The monoisotopic (exact) mass is 226 g/mol. The lowest BCUT2D eigenvalue weighted by molar-refractivity contribution is 1.13. The number of para-hydroxylation sites is 1. The Hall–Kier alpha value is -1.96. The van der Waals surface area contributed by atoms with Gasteiger partial charge < -0.3 is 10.9 Å². The zero-order valence-electron chi connectivity index (χ0n) is 10.3. The number of hydrazine groups is 1. The SMILES string of the molecule is CCc1ccccc1NNc1ccc(C)cc1. The van der Waals surface area contributed by atoms with Gasteiger partial charge in [-0.15, -0.1) is 0 Å². The van der Waals surface area contributed by atoms with E-state index in [1.54, 1.807) is 0 Å². The number of nitrogens with one attached hydrogen (secondary N) is 2. The van der Waals surface area contributed by atoms with Crippen LogP contribution in [0.25, 0.3) is 0 Å². The molecule has 88 valence electrons. The van der Waals surface area contributed by atoms with Crippen LogP contribution in [0.2, 0.25) is 0 Å². The van der Waals surface area contributed by atoms with Gasteiger partial charge in [-0.05, 0) is 37.1 Å². The molecule has 2 N–H and O–H groups in total. The summed E-state index contributed by atoms with van der Waals surface area (Å²) in [5.74, 6) is 0. The van der Waals surface area contributed by atoms with Gasteiger partial charge >= 0.3 is 0 Å². The molecule has 0 atom stereocenters. The Morgan fingerprint density at radius 1 is 0.882 bits per heavy atom. The van der Waals surface area contributed by atoms with Crippen LogP contribution < -0.4 is 10.9 Å². The maximum atomic E-state index is 3.25. The van der Waals surface area contributed by atoms with Crippen molar-refractivity contribution < 1.29 is 0 Å². The van der Waals surface area contributed by atoms with Crippen molar-refractivity contribution >= 4 is 11.4 Å². The summed E-state index contributed by atoms with van der Waals surface area (Å²) in [7, 11) is 0. The zero-order chi connectivity index (χ0) is 12.1. The number of hydrogen-bond donors (Lipinski definition) is 2. The van der Waals surface area contributed by atoms with Crippen LogP contribution in [0, 0.1) is 6.92 Å². The number of benzene rings is 2. The van der Waals surface area contributed by atoms with Crippen LogP contribution >= 0.6 is 0 Å². The molecule has 0 heterocycles. The molecule has 0 fully saturated rings. The molecule has 0 bridgehead atoms. The van der Waals surface area contributed by atoms with E-state index in [0.29, 0.717) is 0 Å². The summed E-state index contributed by atoms with van der Waals surface area (Å²) in [6.07, 6.45) is 1.03. The minimum atomic E-state index is 1.03. The molecule has 0 radical (unpaired) electrons. The quantitative estimate of drug-likeness (QED) is 0.770. The van der Waals surface area contributed by atoms with Crippen molar-refractivity contribution in [1.82, 2.24) is 0 Å².